The highest BCUT2D eigenvalue weighted by molar-refractivity contribution is 9.10. The average molecular weight is 365 g/mol. The number of rotatable bonds is 4. The minimum atomic E-state index is -0.416. The molecule has 3 atom stereocenters. The van der Waals surface area contributed by atoms with E-state index in [1.165, 1.54) is 12.1 Å². The monoisotopic (exact) mass is 364 g/mol. The lowest BCUT2D eigenvalue weighted by Crippen LogP contribution is -2.37. The van der Waals surface area contributed by atoms with Crippen molar-refractivity contribution >= 4 is 39.5 Å². The summed E-state index contributed by atoms with van der Waals surface area (Å²) in [4.78, 5) is 0. The van der Waals surface area contributed by atoms with Crippen molar-refractivity contribution in [2.75, 3.05) is 11.5 Å². The Hall–Kier alpha value is 0.290. The molecule has 3 unspecified atom stereocenters. The number of halogens is 2. The van der Waals surface area contributed by atoms with Gasteiger partial charge in [-0.05, 0) is 30.2 Å². The highest BCUT2D eigenvalue weighted by atomic mass is 79.9. The molecule has 0 amide bonds. The number of hydrogen-bond acceptors (Lipinski definition) is 3. The Balaban J connectivity index is 2.06. The Morgan fingerprint density at radius 1 is 1.42 bits per heavy atom. The number of thioether (sulfide) groups is 2. The van der Waals surface area contributed by atoms with Gasteiger partial charge in [0.25, 0.3) is 0 Å². The van der Waals surface area contributed by atoms with Crippen LogP contribution in [0.1, 0.15) is 18.9 Å². The molecule has 1 N–H and O–H groups in total. The van der Waals surface area contributed by atoms with Crippen LogP contribution in [0.3, 0.4) is 0 Å². The summed E-state index contributed by atoms with van der Waals surface area (Å²) in [5, 5.41) is 11.2. The molecule has 1 aromatic carbocycles. The van der Waals surface area contributed by atoms with Gasteiger partial charge in [0, 0.05) is 32.9 Å². The first-order chi connectivity index (χ1) is 9.11. The van der Waals surface area contributed by atoms with Gasteiger partial charge < -0.3 is 5.11 Å². The highest BCUT2D eigenvalue weighted by Gasteiger charge is 2.31. The van der Waals surface area contributed by atoms with Gasteiger partial charge >= 0.3 is 0 Å². The molecule has 106 valence electrons. The van der Waals surface area contributed by atoms with Gasteiger partial charge in [-0.25, -0.2) is 4.39 Å². The molecule has 1 saturated heterocycles. The van der Waals surface area contributed by atoms with Crippen molar-refractivity contribution in [1.29, 1.82) is 0 Å². The molecule has 1 aliphatic rings. The summed E-state index contributed by atoms with van der Waals surface area (Å²) >= 11 is 7.23. The van der Waals surface area contributed by atoms with Gasteiger partial charge in [0.2, 0.25) is 0 Å². The van der Waals surface area contributed by atoms with Crippen LogP contribution in [0.5, 0.6) is 0 Å². The minimum absolute atomic E-state index is 0.247. The molecule has 0 bridgehead atoms. The van der Waals surface area contributed by atoms with Gasteiger partial charge in [0.15, 0.2) is 0 Å². The normalized spacial score (nSPS) is 25.3. The first kappa shape index (κ1) is 15.7. The second-order valence-electron chi connectivity index (χ2n) is 4.66. The lowest BCUT2D eigenvalue weighted by Gasteiger charge is -2.33. The largest absolute Gasteiger partial charge is 0.392 e. The van der Waals surface area contributed by atoms with Crippen molar-refractivity contribution in [2.24, 2.45) is 0 Å². The topological polar surface area (TPSA) is 20.2 Å². The van der Waals surface area contributed by atoms with E-state index in [-0.39, 0.29) is 11.1 Å². The molecule has 1 fully saturated rings. The number of aliphatic hydroxyl groups excluding tert-OH is 1. The lowest BCUT2D eigenvalue weighted by atomic mass is 10.0. The third-order valence-electron chi connectivity index (χ3n) is 3.31. The number of aliphatic hydroxyl groups is 1. The smallest absolute Gasteiger partial charge is 0.123 e. The van der Waals surface area contributed by atoms with Crippen LogP contribution >= 0.6 is 39.5 Å². The van der Waals surface area contributed by atoms with E-state index in [9.17, 15) is 9.50 Å². The zero-order valence-electron chi connectivity index (χ0n) is 10.8. The number of hydrogen-bond donors (Lipinski definition) is 1. The summed E-state index contributed by atoms with van der Waals surface area (Å²) in [6.07, 6.45) is 1.16. The van der Waals surface area contributed by atoms with Crippen LogP contribution in [0.4, 0.5) is 4.39 Å². The summed E-state index contributed by atoms with van der Waals surface area (Å²) in [6.45, 7) is 2.17. The van der Waals surface area contributed by atoms with Gasteiger partial charge in [0.05, 0.1) is 6.10 Å². The Kier molecular flexibility index (Phi) is 6.06. The van der Waals surface area contributed by atoms with Gasteiger partial charge in [-0.2, -0.15) is 23.5 Å². The number of benzene rings is 1. The van der Waals surface area contributed by atoms with E-state index in [1.54, 1.807) is 6.07 Å². The Bertz CT molecular complexity index is 430. The molecule has 0 aromatic heterocycles. The Labute approximate surface area is 130 Å². The first-order valence-electron chi connectivity index (χ1n) is 6.47. The molecule has 19 heavy (non-hydrogen) atoms. The van der Waals surface area contributed by atoms with Crippen LogP contribution in [0, 0.1) is 5.82 Å². The second-order valence-corrected chi connectivity index (χ2v) is 8.15. The van der Waals surface area contributed by atoms with Crippen LogP contribution in [0.25, 0.3) is 0 Å². The molecule has 0 saturated carbocycles. The summed E-state index contributed by atoms with van der Waals surface area (Å²) < 4.78 is 14.1. The van der Waals surface area contributed by atoms with Crippen molar-refractivity contribution in [3.63, 3.8) is 0 Å². The van der Waals surface area contributed by atoms with Crippen LogP contribution in [0.15, 0.2) is 22.7 Å². The first-order valence-corrected chi connectivity index (χ1v) is 9.36. The summed E-state index contributed by atoms with van der Waals surface area (Å²) in [5.74, 6) is 2.01. The zero-order chi connectivity index (χ0) is 13.8. The summed E-state index contributed by atoms with van der Waals surface area (Å²) in [5.41, 5.74) is 0.846. The predicted molar refractivity (Wildman–Crippen MR) is 86.6 cm³/mol. The lowest BCUT2D eigenvalue weighted by molar-refractivity contribution is 0.169. The fourth-order valence-electron chi connectivity index (χ4n) is 2.34. The standard InChI is InChI=1S/C14H18BrFOS2/c1-2-13-14(19-6-5-18-13)12(17)8-9-7-10(16)3-4-11(9)15/h3-4,7,12-14,17H,2,5-6,8H2,1H3. The maximum absolute atomic E-state index is 13.3. The fraction of sp³-hybridized carbons (Fsp3) is 0.571. The van der Waals surface area contributed by atoms with E-state index in [2.05, 4.69) is 22.9 Å². The molecule has 1 heterocycles. The average Bonchev–Trinajstić information content (AvgIpc) is 2.42. The van der Waals surface area contributed by atoms with E-state index in [0.29, 0.717) is 11.7 Å². The van der Waals surface area contributed by atoms with Crippen LogP contribution in [-0.4, -0.2) is 33.2 Å². The molecular weight excluding hydrogens is 347 g/mol. The predicted octanol–water partition coefficient (Wildman–Crippen LogP) is 4.12. The fourth-order valence-corrected chi connectivity index (χ4v) is 5.89. The van der Waals surface area contributed by atoms with E-state index in [0.717, 1.165) is 28.0 Å². The van der Waals surface area contributed by atoms with E-state index < -0.39 is 6.10 Å². The molecule has 0 radical (unpaired) electrons. The highest BCUT2D eigenvalue weighted by Crippen LogP contribution is 2.36. The summed E-state index contributed by atoms with van der Waals surface area (Å²) in [7, 11) is 0. The van der Waals surface area contributed by atoms with Crippen molar-refractivity contribution in [3.8, 4) is 0 Å². The van der Waals surface area contributed by atoms with Crippen LogP contribution < -0.4 is 0 Å². The summed E-state index contributed by atoms with van der Waals surface area (Å²) in [6, 6.07) is 4.65. The maximum atomic E-state index is 13.3. The molecular formula is C14H18BrFOS2. The molecule has 0 spiro atoms. The molecule has 2 rings (SSSR count). The Morgan fingerprint density at radius 2 is 2.16 bits per heavy atom. The Morgan fingerprint density at radius 3 is 2.89 bits per heavy atom. The third-order valence-corrected chi connectivity index (χ3v) is 7.48. The molecule has 5 heteroatoms. The molecule has 1 aromatic rings. The van der Waals surface area contributed by atoms with E-state index in [4.69, 9.17) is 0 Å². The van der Waals surface area contributed by atoms with Gasteiger partial charge in [0.1, 0.15) is 5.82 Å². The van der Waals surface area contributed by atoms with Gasteiger partial charge in [-0.1, -0.05) is 22.9 Å². The second kappa shape index (κ2) is 7.34. The maximum Gasteiger partial charge on any atom is 0.123 e. The van der Waals surface area contributed by atoms with Crippen molar-refractivity contribution in [2.45, 2.75) is 36.4 Å². The van der Waals surface area contributed by atoms with Crippen LogP contribution in [0.2, 0.25) is 0 Å². The quantitative estimate of drug-likeness (QED) is 0.867. The molecule has 1 nitrogen and oxygen atoms in total. The SMILES string of the molecule is CCC1SCCSC1C(O)Cc1cc(F)ccc1Br. The zero-order valence-corrected chi connectivity index (χ0v) is 14.0. The van der Waals surface area contributed by atoms with Crippen molar-refractivity contribution < 1.29 is 9.50 Å². The van der Waals surface area contributed by atoms with Crippen molar-refractivity contribution in [1.82, 2.24) is 0 Å². The van der Waals surface area contributed by atoms with E-state index >= 15 is 0 Å². The molecule has 0 aliphatic carbocycles. The van der Waals surface area contributed by atoms with Gasteiger partial charge in [-0.3, -0.25) is 0 Å². The minimum Gasteiger partial charge on any atom is -0.392 e. The van der Waals surface area contributed by atoms with Crippen LogP contribution in [-0.2, 0) is 6.42 Å². The van der Waals surface area contributed by atoms with Gasteiger partial charge in [-0.15, -0.1) is 0 Å². The molecule has 1 aliphatic heterocycles. The third kappa shape index (κ3) is 4.13. The van der Waals surface area contributed by atoms with Crippen molar-refractivity contribution in [3.05, 3.63) is 34.1 Å². The van der Waals surface area contributed by atoms with E-state index in [1.807, 2.05) is 23.5 Å².